The Balaban J connectivity index is 1.71. The average Bonchev–Trinajstić information content (AvgIpc) is 3.13. The minimum Gasteiger partial charge on any atom is -0.466 e. The SMILES string of the molecule is COC(=O)/C=C1/SC(=Nc2cccc3ccccc23)N(c2cccc3ccccc23)C1=O. The second-order valence-electron chi connectivity index (χ2n) is 7.17. The van der Waals surface area contributed by atoms with Crippen molar-refractivity contribution in [1.29, 1.82) is 0 Å². The molecule has 1 heterocycles. The predicted molar refractivity (Wildman–Crippen MR) is 130 cm³/mol. The van der Waals surface area contributed by atoms with Crippen LogP contribution in [0, 0.1) is 0 Å². The van der Waals surface area contributed by atoms with Gasteiger partial charge in [-0.3, -0.25) is 9.69 Å². The van der Waals surface area contributed by atoms with E-state index in [-0.39, 0.29) is 10.8 Å². The summed E-state index contributed by atoms with van der Waals surface area (Å²) < 4.78 is 4.74. The molecule has 0 radical (unpaired) electrons. The minimum absolute atomic E-state index is 0.267. The first-order valence-corrected chi connectivity index (χ1v) is 10.8. The summed E-state index contributed by atoms with van der Waals surface area (Å²) in [7, 11) is 1.29. The predicted octanol–water partition coefficient (Wildman–Crippen LogP) is 5.82. The van der Waals surface area contributed by atoms with Gasteiger partial charge in [0.25, 0.3) is 5.91 Å². The van der Waals surface area contributed by atoms with Crippen LogP contribution in [0.15, 0.2) is 101 Å². The first kappa shape index (κ1) is 20.0. The lowest BCUT2D eigenvalue weighted by Crippen LogP contribution is -2.29. The molecule has 156 valence electrons. The lowest BCUT2D eigenvalue weighted by Gasteiger charge is -2.18. The Labute approximate surface area is 189 Å². The molecule has 4 aromatic carbocycles. The van der Waals surface area contributed by atoms with E-state index in [9.17, 15) is 9.59 Å². The van der Waals surface area contributed by atoms with Crippen LogP contribution >= 0.6 is 11.8 Å². The maximum atomic E-state index is 13.4. The Morgan fingerprint density at radius 2 is 1.50 bits per heavy atom. The number of carbonyl (C=O) groups is 2. The van der Waals surface area contributed by atoms with E-state index in [4.69, 9.17) is 9.73 Å². The molecule has 1 aliphatic rings. The highest BCUT2D eigenvalue weighted by Crippen LogP contribution is 2.40. The molecule has 0 atom stereocenters. The third-order valence-electron chi connectivity index (χ3n) is 5.25. The van der Waals surface area contributed by atoms with Gasteiger partial charge in [0.2, 0.25) is 0 Å². The van der Waals surface area contributed by atoms with Gasteiger partial charge >= 0.3 is 5.97 Å². The standard InChI is InChI=1S/C26H18N2O3S/c1-31-24(29)16-23-25(30)28(22-15-7-11-18-9-3-5-13-20(18)22)26(32-23)27-21-14-6-10-17-8-2-4-12-19(17)21/h2-16H,1H3/b23-16+,27-26?. The highest BCUT2D eigenvalue weighted by atomic mass is 32.2. The molecule has 0 unspecified atom stereocenters. The number of ether oxygens (including phenoxy) is 1. The van der Waals surface area contributed by atoms with Gasteiger partial charge in [0.05, 0.1) is 23.4 Å². The van der Waals surface area contributed by atoms with Crippen molar-refractivity contribution >= 4 is 61.7 Å². The summed E-state index contributed by atoms with van der Waals surface area (Å²) in [6, 6.07) is 27.5. The summed E-state index contributed by atoms with van der Waals surface area (Å²) in [6.07, 6.45) is 1.22. The van der Waals surface area contributed by atoms with E-state index in [1.807, 2.05) is 84.9 Å². The number of hydrogen-bond donors (Lipinski definition) is 0. The van der Waals surface area contributed by atoms with Crippen molar-refractivity contribution in [2.45, 2.75) is 0 Å². The molecule has 1 fully saturated rings. The highest BCUT2D eigenvalue weighted by Gasteiger charge is 2.36. The summed E-state index contributed by atoms with van der Waals surface area (Å²) in [5, 5.41) is 4.47. The van der Waals surface area contributed by atoms with Crippen molar-refractivity contribution in [2.24, 2.45) is 4.99 Å². The van der Waals surface area contributed by atoms with Gasteiger partial charge in [0.1, 0.15) is 0 Å². The van der Waals surface area contributed by atoms with E-state index in [0.29, 0.717) is 10.9 Å². The molecule has 1 saturated heterocycles. The van der Waals surface area contributed by atoms with Crippen LogP contribution in [0.25, 0.3) is 21.5 Å². The van der Waals surface area contributed by atoms with Gasteiger partial charge in [0, 0.05) is 16.8 Å². The lowest BCUT2D eigenvalue weighted by atomic mass is 10.1. The Kier molecular flexibility index (Phi) is 5.21. The molecule has 0 aromatic heterocycles. The van der Waals surface area contributed by atoms with Gasteiger partial charge in [-0.05, 0) is 34.7 Å². The molecule has 0 N–H and O–H groups in total. The third-order valence-corrected chi connectivity index (χ3v) is 6.22. The number of nitrogens with zero attached hydrogens (tertiary/aromatic N) is 2. The molecule has 0 spiro atoms. The van der Waals surface area contributed by atoms with Gasteiger partial charge in [-0.15, -0.1) is 0 Å². The largest absolute Gasteiger partial charge is 0.466 e. The van der Waals surface area contributed by atoms with Crippen molar-refractivity contribution in [1.82, 2.24) is 0 Å². The van der Waals surface area contributed by atoms with E-state index >= 15 is 0 Å². The number of anilines is 1. The summed E-state index contributed by atoms with van der Waals surface area (Å²) in [5.41, 5.74) is 1.47. The van der Waals surface area contributed by atoms with E-state index in [1.165, 1.54) is 13.2 Å². The first-order valence-electron chi connectivity index (χ1n) is 10.0. The summed E-state index contributed by atoms with van der Waals surface area (Å²) >= 11 is 1.16. The number of thioether (sulfide) groups is 1. The number of amides is 1. The molecule has 1 amide bonds. The number of amidine groups is 1. The number of methoxy groups -OCH3 is 1. The maximum Gasteiger partial charge on any atom is 0.331 e. The highest BCUT2D eigenvalue weighted by molar-refractivity contribution is 8.19. The molecule has 0 aliphatic carbocycles. The molecule has 1 aliphatic heterocycles. The van der Waals surface area contributed by atoms with Crippen molar-refractivity contribution < 1.29 is 14.3 Å². The van der Waals surface area contributed by atoms with Crippen LogP contribution in [0.2, 0.25) is 0 Å². The first-order chi connectivity index (χ1) is 15.7. The zero-order chi connectivity index (χ0) is 22.1. The van der Waals surface area contributed by atoms with Gasteiger partial charge in [-0.2, -0.15) is 0 Å². The fraction of sp³-hybridized carbons (Fsp3) is 0.0385. The van der Waals surface area contributed by atoms with Gasteiger partial charge < -0.3 is 4.74 Å². The average molecular weight is 439 g/mol. The molecule has 5 rings (SSSR count). The van der Waals surface area contributed by atoms with E-state index in [2.05, 4.69) is 0 Å². The second kappa shape index (κ2) is 8.32. The summed E-state index contributed by atoms with van der Waals surface area (Å²) in [4.78, 5) is 32.0. The molecule has 0 bridgehead atoms. The molecule has 32 heavy (non-hydrogen) atoms. The second-order valence-corrected chi connectivity index (χ2v) is 8.17. The number of carbonyl (C=O) groups excluding carboxylic acids is 2. The topological polar surface area (TPSA) is 59.0 Å². The van der Waals surface area contributed by atoms with Crippen molar-refractivity contribution in [3.8, 4) is 0 Å². The van der Waals surface area contributed by atoms with Crippen molar-refractivity contribution in [3.05, 3.63) is 95.9 Å². The number of aliphatic imine (C=N–C) groups is 1. The lowest BCUT2D eigenvalue weighted by molar-refractivity contribution is -0.135. The van der Waals surface area contributed by atoms with E-state index in [1.54, 1.807) is 4.90 Å². The zero-order valence-corrected chi connectivity index (χ0v) is 18.0. The van der Waals surface area contributed by atoms with Crippen LogP contribution in [0.4, 0.5) is 11.4 Å². The van der Waals surface area contributed by atoms with Gasteiger partial charge in [0.15, 0.2) is 5.17 Å². The molecule has 0 saturated carbocycles. The smallest absolute Gasteiger partial charge is 0.331 e. The van der Waals surface area contributed by atoms with Crippen molar-refractivity contribution in [3.63, 3.8) is 0 Å². The Morgan fingerprint density at radius 1 is 0.875 bits per heavy atom. The fourth-order valence-corrected chi connectivity index (χ4v) is 4.69. The van der Waals surface area contributed by atoms with Crippen LogP contribution in [0.3, 0.4) is 0 Å². The van der Waals surface area contributed by atoms with Crippen LogP contribution in [0.1, 0.15) is 0 Å². The number of esters is 1. The maximum absolute atomic E-state index is 13.4. The van der Waals surface area contributed by atoms with Crippen LogP contribution < -0.4 is 4.90 Å². The quantitative estimate of drug-likeness (QED) is 0.299. The number of hydrogen-bond acceptors (Lipinski definition) is 5. The molecule has 5 nitrogen and oxygen atoms in total. The number of benzene rings is 4. The summed E-state index contributed by atoms with van der Waals surface area (Å²) in [6.45, 7) is 0. The number of rotatable bonds is 3. The van der Waals surface area contributed by atoms with Crippen molar-refractivity contribution in [2.75, 3.05) is 12.0 Å². The molecule has 6 heteroatoms. The monoisotopic (exact) mass is 438 g/mol. The Bertz CT molecular complexity index is 1430. The zero-order valence-electron chi connectivity index (χ0n) is 17.2. The summed E-state index contributed by atoms with van der Waals surface area (Å²) in [5.74, 6) is -0.888. The van der Waals surface area contributed by atoms with Crippen LogP contribution in [-0.4, -0.2) is 24.2 Å². The Hall–Kier alpha value is -3.90. The van der Waals surface area contributed by atoms with E-state index in [0.717, 1.165) is 39.0 Å². The Morgan fingerprint density at radius 3 is 2.25 bits per heavy atom. The third kappa shape index (κ3) is 3.55. The minimum atomic E-state index is -0.579. The van der Waals surface area contributed by atoms with Gasteiger partial charge in [-0.25, -0.2) is 9.79 Å². The van der Waals surface area contributed by atoms with Crippen LogP contribution in [-0.2, 0) is 14.3 Å². The van der Waals surface area contributed by atoms with E-state index < -0.39 is 5.97 Å². The molecule has 4 aromatic rings. The fourth-order valence-electron chi connectivity index (χ4n) is 3.74. The van der Waals surface area contributed by atoms with Gasteiger partial charge in [-0.1, -0.05) is 72.8 Å². The molecular formula is C26H18N2O3S. The van der Waals surface area contributed by atoms with Crippen LogP contribution in [0.5, 0.6) is 0 Å². The normalized spacial score (nSPS) is 16.4. The number of fused-ring (bicyclic) bond motifs is 2. The molecular weight excluding hydrogens is 420 g/mol.